The summed E-state index contributed by atoms with van der Waals surface area (Å²) in [6.45, 7) is 0. The molecule has 4 nitrogen and oxygen atoms in total. The second-order valence-electron chi connectivity index (χ2n) is 4.67. The van der Waals surface area contributed by atoms with Crippen molar-refractivity contribution in [2.45, 2.75) is 25.3 Å². The van der Waals surface area contributed by atoms with Gasteiger partial charge in [-0.2, -0.15) is 0 Å². The minimum Gasteiger partial charge on any atom is -0.480 e. The van der Waals surface area contributed by atoms with Gasteiger partial charge in [0.05, 0.1) is 0 Å². The van der Waals surface area contributed by atoms with Crippen LogP contribution in [-0.4, -0.2) is 23.0 Å². The van der Waals surface area contributed by atoms with Gasteiger partial charge in [-0.25, -0.2) is 4.79 Å². The topological polar surface area (TPSA) is 57.6 Å². The molecule has 1 aliphatic heterocycles. The third kappa shape index (κ3) is 1.60. The maximum absolute atomic E-state index is 12.1. The van der Waals surface area contributed by atoms with E-state index in [4.69, 9.17) is 0 Å². The zero-order chi connectivity index (χ0) is 12.0. The number of carboxylic acids is 1. The molecule has 0 saturated heterocycles. The fourth-order valence-corrected chi connectivity index (χ4v) is 2.38. The normalized spacial score (nSPS) is 22.4. The van der Waals surface area contributed by atoms with Gasteiger partial charge in [-0.3, -0.25) is 9.69 Å². The molecule has 1 saturated carbocycles. The highest BCUT2D eigenvalue weighted by molar-refractivity contribution is 6.03. The molecule has 17 heavy (non-hydrogen) atoms. The molecule has 0 aromatic heterocycles. The minimum absolute atomic E-state index is 0.0256. The van der Waals surface area contributed by atoms with Crippen molar-refractivity contribution in [1.82, 2.24) is 0 Å². The molecule has 1 unspecified atom stereocenters. The molecular formula is C13H13NO3. The van der Waals surface area contributed by atoms with Gasteiger partial charge in [0.1, 0.15) is 6.04 Å². The van der Waals surface area contributed by atoms with Crippen molar-refractivity contribution in [2.24, 2.45) is 5.92 Å². The quantitative estimate of drug-likeness (QED) is 0.837. The highest BCUT2D eigenvalue weighted by Crippen LogP contribution is 2.38. The zero-order valence-corrected chi connectivity index (χ0v) is 9.30. The molecule has 4 heteroatoms. The number of hydrogen-bond donors (Lipinski definition) is 1. The Balaban J connectivity index is 2.01. The number of nitrogens with zero attached hydrogens (tertiary/aromatic N) is 1. The first-order valence-electron chi connectivity index (χ1n) is 5.82. The average molecular weight is 231 g/mol. The van der Waals surface area contributed by atoms with Gasteiger partial charge in [0.2, 0.25) is 5.91 Å². The molecule has 0 spiro atoms. The van der Waals surface area contributed by atoms with E-state index < -0.39 is 12.0 Å². The van der Waals surface area contributed by atoms with Crippen LogP contribution in [0.25, 0.3) is 0 Å². The molecular weight excluding hydrogens is 218 g/mol. The van der Waals surface area contributed by atoms with E-state index in [2.05, 4.69) is 0 Å². The predicted octanol–water partition coefficient (Wildman–Crippen LogP) is 1.44. The van der Waals surface area contributed by atoms with Crippen LogP contribution in [-0.2, 0) is 16.0 Å². The lowest BCUT2D eigenvalue weighted by molar-refractivity contribution is -0.140. The van der Waals surface area contributed by atoms with Crippen molar-refractivity contribution < 1.29 is 14.7 Å². The second kappa shape index (κ2) is 3.58. The summed E-state index contributed by atoms with van der Waals surface area (Å²) in [4.78, 5) is 24.9. The van der Waals surface area contributed by atoms with E-state index in [1.807, 2.05) is 24.3 Å². The number of hydrogen-bond acceptors (Lipinski definition) is 2. The van der Waals surface area contributed by atoms with Crippen molar-refractivity contribution in [3.63, 3.8) is 0 Å². The first-order valence-corrected chi connectivity index (χ1v) is 5.82. The fraction of sp³-hybridized carbons (Fsp3) is 0.385. The number of carbonyl (C=O) groups excluding carboxylic acids is 1. The zero-order valence-electron chi connectivity index (χ0n) is 9.30. The van der Waals surface area contributed by atoms with E-state index in [-0.39, 0.29) is 11.8 Å². The van der Waals surface area contributed by atoms with Gasteiger partial charge < -0.3 is 5.11 Å². The Morgan fingerprint density at radius 2 is 1.94 bits per heavy atom. The molecule has 1 aromatic rings. The molecule has 1 amide bonds. The van der Waals surface area contributed by atoms with Gasteiger partial charge in [0, 0.05) is 18.0 Å². The van der Waals surface area contributed by atoms with E-state index >= 15 is 0 Å². The molecule has 1 aliphatic carbocycles. The van der Waals surface area contributed by atoms with Crippen LogP contribution < -0.4 is 4.90 Å². The van der Waals surface area contributed by atoms with Crippen LogP contribution in [0.4, 0.5) is 5.69 Å². The molecule has 0 bridgehead atoms. The van der Waals surface area contributed by atoms with Crippen molar-refractivity contribution in [3.05, 3.63) is 29.8 Å². The van der Waals surface area contributed by atoms with Crippen LogP contribution in [0, 0.1) is 5.92 Å². The van der Waals surface area contributed by atoms with E-state index in [0.29, 0.717) is 6.42 Å². The number of benzene rings is 1. The first kappa shape index (κ1) is 10.3. The third-order valence-electron chi connectivity index (χ3n) is 3.43. The van der Waals surface area contributed by atoms with Crippen molar-refractivity contribution in [2.75, 3.05) is 4.90 Å². The van der Waals surface area contributed by atoms with Gasteiger partial charge in [-0.15, -0.1) is 0 Å². The van der Waals surface area contributed by atoms with E-state index in [0.717, 1.165) is 24.1 Å². The number of fused-ring (bicyclic) bond motifs is 1. The van der Waals surface area contributed by atoms with Crippen LogP contribution in [0.5, 0.6) is 0 Å². The highest BCUT2D eigenvalue weighted by Gasteiger charge is 2.43. The molecule has 1 heterocycles. The predicted molar refractivity (Wildman–Crippen MR) is 61.8 cm³/mol. The SMILES string of the molecule is O=C(O)C1Cc2ccccc2N1C(=O)C1CC1. The van der Waals surface area contributed by atoms with Crippen molar-refractivity contribution in [1.29, 1.82) is 0 Å². The molecule has 0 radical (unpaired) electrons. The largest absolute Gasteiger partial charge is 0.480 e. The smallest absolute Gasteiger partial charge is 0.327 e. The van der Waals surface area contributed by atoms with Gasteiger partial charge in [0.25, 0.3) is 0 Å². The third-order valence-corrected chi connectivity index (χ3v) is 3.43. The molecule has 1 aromatic carbocycles. The summed E-state index contributed by atoms with van der Waals surface area (Å²) in [6.07, 6.45) is 2.21. The molecule has 2 aliphatic rings. The number of rotatable bonds is 2. The van der Waals surface area contributed by atoms with E-state index in [1.165, 1.54) is 4.90 Å². The Morgan fingerprint density at radius 1 is 1.24 bits per heavy atom. The standard InChI is InChI=1S/C13H13NO3/c15-12(8-5-6-8)14-10-4-2-1-3-9(10)7-11(14)13(16)17/h1-4,8,11H,5-7H2,(H,16,17). The van der Waals surface area contributed by atoms with E-state index in [9.17, 15) is 14.7 Å². The summed E-state index contributed by atoms with van der Waals surface area (Å²) in [5, 5.41) is 9.21. The summed E-state index contributed by atoms with van der Waals surface area (Å²) in [7, 11) is 0. The molecule has 1 fully saturated rings. The Bertz CT molecular complexity index is 493. The van der Waals surface area contributed by atoms with Crippen LogP contribution in [0.2, 0.25) is 0 Å². The maximum Gasteiger partial charge on any atom is 0.327 e. The summed E-state index contributed by atoms with van der Waals surface area (Å²) >= 11 is 0. The summed E-state index contributed by atoms with van der Waals surface area (Å²) < 4.78 is 0. The Hall–Kier alpha value is -1.84. The van der Waals surface area contributed by atoms with Crippen molar-refractivity contribution in [3.8, 4) is 0 Å². The Morgan fingerprint density at radius 3 is 2.59 bits per heavy atom. The molecule has 1 N–H and O–H groups in total. The number of carbonyl (C=O) groups is 2. The van der Waals surface area contributed by atoms with Gasteiger partial charge >= 0.3 is 5.97 Å². The van der Waals surface area contributed by atoms with Gasteiger partial charge in [-0.05, 0) is 24.5 Å². The number of para-hydroxylation sites is 1. The number of anilines is 1. The highest BCUT2D eigenvalue weighted by atomic mass is 16.4. The van der Waals surface area contributed by atoms with Gasteiger partial charge in [0.15, 0.2) is 0 Å². The number of amides is 1. The Kier molecular flexibility index (Phi) is 2.18. The lowest BCUT2D eigenvalue weighted by Gasteiger charge is -2.22. The average Bonchev–Trinajstić information content (AvgIpc) is 3.08. The van der Waals surface area contributed by atoms with Crippen LogP contribution in [0.1, 0.15) is 18.4 Å². The van der Waals surface area contributed by atoms with Crippen LogP contribution >= 0.6 is 0 Å². The van der Waals surface area contributed by atoms with Crippen molar-refractivity contribution >= 4 is 17.6 Å². The Labute approximate surface area is 98.9 Å². The van der Waals surface area contributed by atoms with Crippen LogP contribution in [0.3, 0.4) is 0 Å². The van der Waals surface area contributed by atoms with E-state index in [1.54, 1.807) is 0 Å². The number of carboxylic acid groups (broad SMARTS) is 1. The second-order valence-corrected chi connectivity index (χ2v) is 4.67. The number of aliphatic carboxylic acids is 1. The lowest BCUT2D eigenvalue weighted by Crippen LogP contribution is -2.43. The molecule has 3 rings (SSSR count). The maximum atomic E-state index is 12.1. The first-order chi connectivity index (χ1) is 8.18. The van der Waals surface area contributed by atoms with Crippen LogP contribution in [0.15, 0.2) is 24.3 Å². The summed E-state index contributed by atoms with van der Waals surface area (Å²) in [5.74, 6) is -0.902. The molecule has 88 valence electrons. The summed E-state index contributed by atoms with van der Waals surface area (Å²) in [5.41, 5.74) is 1.73. The molecule has 1 atom stereocenters. The minimum atomic E-state index is -0.921. The fourth-order valence-electron chi connectivity index (χ4n) is 2.38. The van der Waals surface area contributed by atoms with Gasteiger partial charge in [-0.1, -0.05) is 18.2 Å². The lowest BCUT2D eigenvalue weighted by atomic mass is 10.1. The monoisotopic (exact) mass is 231 g/mol. The summed E-state index contributed by atoms with van der Waals surface area (Å²) in [6, 6.07) is 6.73.